The van der Waals surface area contributed by atoms with Crippen LogP contribution in [0.25, 0.3) is 0 Å². The Morgan fingerprint density at radius 3 is 2.77 bits per heavy atom. The minimum atomic E-state index is -0.212. The topological polar surface area (TPSA) is 67.2 Å². The molecule has 1 aromatic carbocycles. The van der Waals surface area contributed by atoms with Crippen LogP contribution >= 0.6 is 23.4 Å². The maximum Gasteiger partial charge on any atom is 0.348 e. The number of fused-ring (bicyclic) bond motifs is 1. The molecule has 0 bridgehead atoms. The molecule has 3 rings (SSSR count). The van der Waals surface area contributed by atoms with Crippen molar-refractivity contribution in [1.82, 2.24) is 14.5 Å². The summed E-state index contributed by atoms with van der Waals surface area (Å²) in [5.74, 6) is 0.0626. The number of hydrogen-bond acceptors (Lipinski definition) is 5. The zero-order chi connectivity index (χ0) is 21.7. The largest absolute Gasteiger partial charge is 0.348 e. The van der Waals surface area contributed by atoms with Crippen LogP contribution in [0, 0.1) is 6.92 Å². The van der Waals surface area contributed by atoms with Gasteiger partial charge in [-0.05, 0) is 57.0 Å². The number of nitrogens with one attached hydrogen (secondary N) is 1. The Morgan fingerprint density at radius 2 is 2.07 bits per heavy atom. The minimum Gasteiger partial charge on any atom is -0.325 e. The van der Waals surface area contributed by atoms with Gasteiger partial charge in [-0.15, -0.1) is 0 Å². The van der Waals surface area contributed by atoms with Crippen LogP contribution in [0.3, 0.4) is 0 Å². The third-order valence-electron chi connectivity index (χ3n) is 5.53. The lowest BCUT2D eigenvalue weighted by atomic mass is 10.2. The minimum absolute atomic E-state index is 0.140. The summed E-state index contributed by atoms with van der Waals surface area (Å²) in [6.45, 7) is 9.62. The van der Waals surface area contributed by atoms with E-state index < -0.39 is 0 Å². The number of aromatic nitrogens is 2. The highest BCUT2D eigenvalue weighted by atomic mass is 35.5. The number of anilines is 1. The number of carbonyl (C=O) groups excluding carboxylic acids is 1. The molecule has 0 saturated heterocycles. The van der Waals surface area contributed by atoms with E-state index in [1.54, 1.807) is 6.07 Å². The van der Waals surface area contributed by atoms with Crippen molar-refractivity contribution < 1.29 is 4.79 Å². The molecule has 1 aliphatic rings. The second kappa shape index (κ2) is 10.5. The van der Waals surface area contributed by atoms with Crippen LogP contribution in [0.1, 0.15) is 37.1 Å². The smallest absolute Gasteiger partial charge is 0.325 e. The van der Waals surface area contributed by atoms with Crippen LogP contribution in [0.4, 0.5) is 5.69 Å². The summed E-state index contributed by atoms with van der Waals surface area (Å²) >= 11 is 7.46. The van der Waals surface area contributed by atoms with Crippen molar-refractivity contribution in [2.45, 2.75) is 51.6 Å². The van der Waals surface area contributed by atoms with E-state index in [4.69, 9.17) is 11.6 Å². The van der Waals surface area contributed by atoms with Gasteiger partial charge in [0.25, 0.3) is 0 Å². The summed E-state index contributed by atoms with van der Waals surface area (Å²) in [5, 5.41) is 4.18. The molecule has 8 heteroatoms. The zero-order valence-electron chi connectivity index (χ0n) is 17.8. The van der Waals surface area contributed by atoms with Crippen molar-refractivity contribution in [3.05, 3.63) is 50.5 Å². The van der Waals surface area contributed by atoms with Gasteiger partial charge in [-0.3, -0.25) is 9.36 Å². The van der Waals surface area contributed by atoms with Crippen LogP contribution < -0.4 is 11.0 Å². The van der Waals surface area contributed by atoms with Gasteiger partial charge in [-0.2, -0.15) is 4.98 Å². The fraction of sp³-hybridized carbons (Fsp3) is 0.500. The van der Waals surface area contributed by atoms with Crippen molar-refractivity contribution in [3.63, 3.8) is 0 Å². The number of amides is 1. The van der Waals surface area contributed by atoms with E-state index in [-0.39, 0.29) is 17.3 Å². The Bertz CT molecular complexity index is 972. The van der Waals surface area contributed by atoms with E-state index >= 15 is 0 Å². The Hall–Kier alpha value is -1.83. The number of benzene rings is 1. The molecule has 0 fully saturated rings. The molecule has 162 valence electrons. The maximum atomic E-state index is 12.7. The van der Waals surface area contributed by atoms with Crippen molar-refractivity contribution in [3.8, 4) is 0 Å². The van der Waals surface area contributed by atoms with Crippen molar-refractivity contribution in [2.24, 2.45) is 0 Å². The first-order valence-electron chi connectivity index (χ1n) is 10.5. The highest BCUT2D eigenvalue weighted by molar-refractivity contribution is 8.00. The molecule has 0 atom stereocenters. The van der Waals surface area contributed by atoms with Crippen LogP contribution in [0.5, 0.6) is 0 Å². The molecule has 30 heavy (non-hydrogen) atoms. The number of hydrogen-bond donors (Lipinski definition) is 1. The summed E-state index contributed by atoms with van der Waals surface area (Å²) in [5.41, 5.74) is 3.64. The highest BCUT2D eigenvalue weighted by Gasteiger charge is 2.22. The number of carbonyl (C=O) groups is 1. The van der Waals surface area contributed by atoms with E-state index in [0.29, 0.717) is 22.3 Å². The molecular formula is C22H29ClN4O2S. The van der Waals surface area contributed by atoms with E-state index in [0.717, 1.165) is 55.7 Å². The molecule has 0 radical (unpaired) electrons. The lowest BCUT2D eigenvalue weighted by Gasteiger charge is -2.20. The van der Waals surface area contributed by atoms with Gasteiger partial charge in [-0.25, -0.2) is 4.79 Å². The lowest BCUT2D eigenvalue weighted by molar-refractivity contribution is -0.113. The molecule has 0 unspecified atom stereocenters. The predicted molar refractivity (Wildman–Crippen MR) is 124 cm³/mol. The molecule has 1 aromatic heterocycles. The quantitative estimate of drug-likeness (QED) is 0.467. The number of thioether (sulfide) groups is 1. The third kappa shape index (κ3) is 5.45. The molecule has 0 saturated carbocycles. The standard InChI is InChI=1S/C22H29ClN4O2S/c1-4-26(5-2)11-12-27-19-8-6-7-17(19)21(25-22(27)29)30-14-20(28)24-16-10-9-15(3)18(23)13-16/h9-10,13H,4-8,11-12,14H2,1-3H3,(H,24,28). The summed E-state index contributed by atoms with van der Waals surface area (Å²) in [6.07, 6.45) is 2.83. The zero-order valence-corrected chi connectivity index (χ0v) is 19.4. The Morgan fingerprint density at radius 1 is 1.30 bits per heavy atom. The van der Waals surface area contributed by atoms with E-state index in [1.165, 1.54) is 11.8 Å². The van der Waals surface area contributed by atoms with Crippen molar-refractivity contribution in [2.75, 3.05) is 30.7 Å². The van der Waals surface area contributed by atoms with Crippen LogP contribution in [-0.4, -0.2) is 45.7 Å². The van der Waals surface area contributed by atoms with Gasteiger partial charge in [-0.1, -0.05) is 43.3 Å². The maximum absolute atomic E-state index is 12.7. The van der Waals surface area contributed by atoms with Gasteiger partial charge in [0.1, 0.15) is 5.03 Å². The third-order valence-corrected chi connectivity index (χ3v) is 6.96. The number of aryl methyl sites for hydroxylation is 1. The molecule has 1 N–H and O–H groups in total. The molecule has 0 spiro atoms. The summed E-state index contributed by atoms with van der Waals surface area (Å²) < 4.78 is 1.83. The van der Waals surface area contributed by atoms with Crippen LogP contribution in [0.2, 0.25) is 5.02 Å². The number of nitrogens with zero attached hydrogens (tertiary/aromatic N) is 3. The van der Waals surface area contributed by atoms with Gasteiger partial charge in [0, 0.05) is 35.1 Å². The van der Waals surface area contributed by atoms with Crippen molar-refractivity contribution >= 4 is 35.0 Å². The second-order valence-corrected chi connectivity index (χ2v) is 8.83. The molecule has 1 aliphatic carbocycles. The fourth-order valence-corrected chi connectivity index (χ4v) is 4.78. The summed E-state index contributed by atoms with van der Waals surface area (Å²) in [7, 11) is 0. The lowest BCUT2D eigenvalue weighted by Crippen LogP contribution is -2.34. The SMILES string of the molecule is CCN(CC)CCn1c2c(c(SCC(=O)Nc3ccc(C)c(Cl)c3)nc1=O)CCC2. The van der Waals surface area contributed by atoms with Crippen LogP contribution in [0.15, 0.2) is 28.0 Å². The Kier molecular flexibility index (Phi) is 7.97. The summed E-state index contributed by atoms with van der Waals surface area (Å²) in [6, 6.07) is 5.45. The monoisotopic (exact) mass is 448 g/mol. The normalized spacial score (nSPS) is 13.0. The highest BCUT2D eigenvalue weighted by Crippen LogP contribution is 2.29. The molecule has 0 aliphatic heterocycles. The second-order valence-electron chi connectivity index (χ2n) is 7.46. The molecule has 1 heterocycles. The van der Waals surface area contributed by atoms with Gasteiger partial charge >= 0.3 is 5.69 Å². The molecule has 6 nitrogen and oxygen atoms in total. The van der Waals surface area contributed by atoms with E-state index in [9.17, 15) is 9.59 Å². The number of likely N-dealkylation sites (N-methyl/N-ethyl adjacent to an activating group) is 1. The van der Waals surface area contributed by atoms with E-state index in [1.807, 2.05) is 23.6 Å². The van der Waals surface area contributed by atoms with Gasteiger partial charge in [0.15, 0.2) is 0 Å². The number of halogens is 1. The van der Waals surface area contributed by atoms with Gasteiger partial charge in [0.05, 0.1) is 5.75 Å². The molecule has 1 amide bonds. The molecule has 2 aromatic rings. The van der Waals surface area contributed by atoms with E-state index in [2.05, 4.69) is 29.0 Å². The average Bonchev–Trinajstić information content (AvgIpc) is 3.21. The Balaban J connectivity index is 1.68. The summed E-state index contributed by atoms with van der Waals surface area (Å²) in [4.78, 5) is 31.7. The Labute approximate surface area is 187 Å². The average molecular weight is 449 g/mol. The first-order chi connectivity index (χ1) is 14.4. The first-order valence-corrected chi connectivity index (χ1v) is 11.8. The van der Waals surface area contributed by atoms with Gasteiger partial charge in [0.2, 0.25) is 5.91 Å². The fourth-order valence-electron chi connectivity index (χ4n) is 3.72. The first kappa shape index (κ1) is 22.8. The number of rotatable bonds is 9. The van der Waals surface area contributed by atoms with Crippen LogP contribution in [-0.2, 0) is 24.2 Å². The molecular weight excluding hydrogens is 420 g/mol. The van der Waals surface area contributed by atoms with Crippen molar-refractivity contribution in [1.29, 1.82) is 0 Å². The van der Waals surface area contributed by atoms with Gasteiger partial charge < -0.3 is 10.2 Å². The predicted octanol–water partition coefficient (Wildman–Crippen LogP) is 3.77.